The number of alkyl halides is 2. The summed E-state index contributed by atoms with van der Waals surface area (Å²) in [5.41, 5.74) is 0. The topological polar surface area (TPSA) is 35.9 Å². The van der Waals surface area contributed by atoms with Crippen molar-refractivity contribution in [3.05, 3.63) is 0 Å². The molecule has 0 radical (unpaired) electrons. The molecule has 0 atom stereocenters. The smallest absolute Gasteiger partial charge is 0.248 e. The zero-order valence-electron chi connectivity index (χ0n) is 6.04. The second-order valence-electron chi connectivity index (χ2n) is 2.83. The largest absolute Gasteiger partial charge is 0.264 e. The van der Waals surface area contributed by atoms with Gasteiger partial charge < -0.3 is 0 Å². The molecule has 2 N–H and O–H groups in total. The highest BCUT2D eigenvalue weighted by atomic mass is 127. The zero-order valence-corrected chi connectivity index (χ0v) is 8.20. The van der Waals surface area contributed by atoms with Gasteiger partial charge in [0, 0.05) is 18.9 Å². The fourth-order valence-corrected chi connectivity index (χ4v) is 2.29. The standard InChI is InChI=1S/C6H11F2IN2/c7-6(8)3-1-5(2-4-6)11-9-10/h5H,1-4H2,(H2,10,11). The van der Waals surface area contributed by atoms with Crippen molar-refractivity contribution < 1.29 is 8.78 Å². The van der Waals surface area contributed by atoms with Crippen LogP contribution >= 0.6 is 21.3 Å². The van der Waals surface area contributed by atoms with Crippen molar-refractivity contribution >= 4 is 21.3 Å². The van der Waals surface area contributed by atoms with E-state index < -0.39 is 27.2 Å². The minimum atomic E-state index is -2.43. The van der Waals surface area contributed by atoms with E-state index in [1.165, 1.54) is 0 Å². The maximum Gasteiger partial charge on any atom is 0.248 e. The van der Waals surface area contributed by atoms with E-state index in [0.29, 0.717) is 12.8 Å². The summed E-state index contributed by atoms with van der Waals surface area (Å²) < 4.78 is 35.0. The molecule has 5 heteroatoms. The Balaban J connectivity index is 2.30. The Morgan fingerprint density at radius 2 is 1.91 bits per heavy atom. The van der Waals surface area contributed by atoms with E-state index in [1.807, 2.05) is 0 Å². The fourth-order valence-electron chi connectivity index (χ4n) is 1.23. The van der Waals surface area contributed by atoms with Gasteiger partial charge in [0.05, 0.1) is 21.3 Å². The zero-order chi connectivity index (χ0) is 8.32. The van der Waals surface area contributed by atoms with Gasteiger partial charge in [0.25, 0.3) is 0 Å². The Hall–Kier alpha value is 0.350. The predicted molar refractivity (Wildman–Crippen MR) is 47.1 cm³/mol. The Bertz CT molecular complexity index is 142. The first-order valence-corrected chi connectivity index (χ1v) is 5.73. The van der Waals surface area contributed by atoms with Crippen molar-refractivity contribution in [3.8, 4) is 0 Å². The lowest BCUT2D eigenvalue weighted by Gasteiger charge is -2.27. The highest BCUT2D eigenvalue weighted by Crippen LogP contribution is 2.33. The average Bonchev–Trinajstić information content (AvgIpc) is 1.94. The molecule has 66 valence electrons. The Morgan fingerprint density at radius 3 is 2.36 bits per heavy atom. The third-order valence-corrected chi connectivity index (χ3v) is 3.12. The molecule has 1 fully saturated rings. The number of halogens is 3. The number of nitrogens with one attached hydrogen (secondary N) is 2. The van der Waals surface area contributed by atoms with Crippen LogP contribution in [0.5, 0.6) is 0 Å². The molecule has 1 aliphatic rings. The number of hydrogen-bond donors (Lipinski definition) is 2. The molecule has 1 rings (SSSR count). The fraction of sp³-hybridized carbons (Fsp3) is 1.00. The molecule has 0 spiro atoms. The molecular formula is C6H11F2IN2. The van der Waals surface area contributed by atoms with E-state index in [-0.39, 0.29) is 18.9 Å². The summed E-state index contributed by atoms with van der Waals surface area (Å²) >= 11 is -0.694. The first kappa shape index (κ1) is 9.44. The molecule has 0 aliphatic heterocycles. The van der Waals surface area contributed by atoms with Crippen molar-refractivity contribution in [1.29, 1.82) is 3.56 Å². The molecule has 0 aromatic carbocycles. The van der Waals surface area contributed by atoms with E-state index >= 15 is 0 Å². The molecule has 0 saturated heterocycles. The first-order chi connectivity index (χ1) is 5.14. The predicted octanol–water partition coefficient (Wildman–Crippen LogP) is 2.80. The third kappa shape index (κ3) is 3.06. The van der Waals surface area contributed by atoms with Gasteiger partial charge in [-0.2, -0.15) is 0 Å². The van der Waals surface area contributed by atoms with E-state index in [4.69, 9.17) is 3.56 Å². The van der Waals surface area contributed by atoms with E-state index in [9.17, 15) is 8.78 Å². The first-order valence-electron chi connectivity index (χ1n) is 3.57. The van der Waals surface area contributed by atoms with Crippen LogP contribution in [-0.2, 0) is 0 Å². The van der Waals surface area contributed by atoms with Crippen LogP contribution in [0.3, 0.4) is 0 Å². The van der Waals surface area contributed by atoms with Crippen LogP contribution in [0.4, 0.5) is 8.78 Å². The van der Waals surface area contributed by atoms with Crippen LogP contribution in [0.1, 0.15) is 25.7 Å². The van der Waals surface area contributed by atoms with E-state index in [2.05, 4.69) is 3.53 Å². The molecule has 0 bridgehead atoms. The lowest BCUT2D eigenvalue weighted by Crippen LogP contribution is -2.32. The van der Waals surface area contributed by atoms with Crippen molar-refractivity contribution in [3.63, 3.8) is 0 Å². The summed E-state index contributed by atoms with van der Waals surface area (Å²) in [4.78, 5) is 0. The molecule has 0 amide bonds. The maximum atomic E-state index is 12.6. The summed E-state index contributed by atoms with van der Waals surface area (Å²) in [6.07, 6.45) is 1.06. The van der Waals surface area contributed by atoms with Gasteiger partial charge in [0.1, 0.15) is 0 Å². The number of hydrogen-bond acceptors (Lipinski definition) is 1. The van der Waals surface area contributed by atoms with Crippen molar-refractivity contribution in [1.82, 2.24) is 3.53 Å². The van der Waals surface area contributed by atoms with E-state index in [1.54, 1.807) is 0 Å². The molecule has 11 heavy (non-hydrogen) atoms. The Morgan fingerprint density at radius 1 is 1.36 bits per heavy atom. The quantitative estimate of drug-likeness (QED) is 0.590. The van der Waals surface area contributed by atoms with Crippen LogP contribution in [0.25, 0.3) is 0 Å². The van der Waals surface area contributed by atoms with Gasteiger partial charge in [-0.1, -0.05) is 0 Å². The summed E-state index contributed by atoms with van der Waals surface area (Å²) in [5, 5.41) is 0. The van der Waals surface area contributed by atoms with Crippen molar-refractivity contribution in [2.24, 2.45) is 0 Å². The maximum absolute atomic E-state index is 12.6. The molecule has 1 aliphatic carbocycles. The minimum absolute atomic E-state index is 0.00555. The average molecular weight is 276 g/mol. The molecule has 0 heterocycles. The highest BCUT2D eigenvalue weighted by Gasteiger charge is 2.34. The highest BCUT2D eigenvalue weighted by molar-refractivity contribution is 14.1. The molecule has 0 aromatic rings. The summed E-state index contributed by atoms with van der Waals surface area (Å²) in [6.45, 7) is 0. The van der Waals surface area contributed by atoms with E-state index in [0.717, 1.165) is 0 Å². The van der Waals surface area contributed by atoms with Gasteiger partial charge in [-0.05, 0) is 12.8 Å². The summed E-state index contributed by atoms with van der Waals surface area (Å²) in [5.74, 6) is -2.43. The van der Waals surface area contributed by atoms with Crippen LogP contribution in [0, 0.1) is 3.56 Å². The van der Waals surface area contributed by atoms with Gasteiger partial charge >= 0.3 is 0 Å². The van der Waals surface area contributed by atoms with Crippen LogP contribution in [-0.4, -0.2) is 12.0 Å². The van der Waals surface area contributed by atoms with Gasteiger partial charge in [-0.25, -0.2) is 12.3 Å². The number of rotatable bonds is 2. The minimum Gasteiger partial charge on any atom is -0.264 e. The summed E-state index contributed by atoms with van der Waals surface area (Å²) in [7, 11) is 0. The van der Waals surface area contributed by atoms with Crippen LogP contribution in [0.15, 0.2) is 0 Å². The Labute approximate surface area is 75.0 Å². The monoisotopic (exact) mass is 276 g/mol. The lowest BCUT2D eigenvalue weighted by molar-refractivity contribution is -0.0382. The normalized spacial score (nSPS) is 25.3. The van der Waals surface area contributed by atoms with Gasteiger partial charge in [-0.3, -0.25) is 3.56 Å². The van der Waals surface area contributed by atoms with Crippen LogP contribution in [0.2, 0.25) is 0 Å². The van der Waals surface area contributed by atoms with Crippen molar-refractivity contribution in [2.75, 3.05) is 0 Å². The molecule has 1 saturated carbocycles. The van der Waals surface area contributed by atoms with Crippen LogP contribution < -0.4 is 3.53 Å². The molecular weight excluding hydrogens is 265 g/mol. The van der Waals surface area contributed by atoms with Gasteiger partial charge in [-0.15, -0.1) is 0 Å². The molecule has 0 aromatic heterocycles. The lowest BCUT2D eigenvalue weighted by atomic mass is 9.93. The SMILES string of the molecule is N=INC1CCC(F)(F)CC1. The molecule has 2 nitrogen and oxygen atoms in total. The second kappa shape index (κ2) is 3.84. The summed E-state index contributed by atoms with van der Waals surface area (Å²) in [6, 6.07) is 0.194. The van der Waals surface area contributed by atoms with Gasteiger partial charge in [0.2, 0.25) is 5.92 Å². The van der Waals surface area contributed by atoms with Gasteiger partial charge in [0.15, 0.2) is 0 Å². The Kier molecular flexibility index (Phi) is 3.29. The third-order valence-electron chi connectivity index (χ3n) is 1.93. The second-order valence-corrected chi connectivity index (χ2v) is 4.00. The van der Waals surface area contributed by atoms with Crippen molar-refractivity contribution in [2.45, 2.75) is 37.6 Å². The molecule has 0 unspecified atom stereocenters.